The second-order valence-electron chi connectivity index (χ2n) is 6.99. The van der Waals surface area contributed by atoms with Gasteiger partial charge in [0.2, 0.25) is 0 Å². The van der Waals surface area contributed by atoms with E-state index in [4.69, 9.17) is 9.47 Å². The minimum atomic E-state index is 0.685. The Labute approximate surface area is 187 Å². The molecule has 0 heterocycles. The van der Waals surface area contributed by atoms with E-state index in [9.17, 15) is 0 Å². The zero-order chi connectivity index (χ0) is 21.5. The van der Waals surface area contributed by atoms with E-state index in [0.29, 0.717) is 11.5 Å². The predicted octanol–water partition coefficient (Wildman–Crippen LogP) is 7.70. The summed E-state index contributed by atoms with van der Waals surface area (Å²) in [7, 11) is 1.63. The van der Waals surface area contributed by atoms with E-state index in [-0.39, 0.29) is 0 Å². The molecular weight excluding hydrogens is 402 g/mol. The topological polar surface area (TPSA) is 30.8 Å². The Morgan fingerprint density at radius 1 is 0.710 bits per heavy atom. The molecule has 0 aromatic heterocycles. The summed E-state index contributed by atoms with van der Waals surface area (Å²) in [6, 6.07) is 32.2. The maximum Gasteiger partial charge on any atom is 0.169 e. The number of hydrogen-bond acceptors (Lipinski definition) is 4. The number of para-hydroxylation sites is 2. The summed E-state index contributed by atoms with van der Waals surface area (Å²) in [5.74, 6) is 2.12. The minimum absolute atomic E-state index is 0.685. The van der Waals surface area contributed by atoms with Crippen LogP contribution in [0.1, 0.15) is 11.1 Å². The first kappa shape index (κ1) is 20.8. The van der Waals surface area contributed by atoms with Crippen LogP contribution >= 0.6 is 11.8 Å². The summed E-state index contributed by atoms with van der Waals surface area (Å²) >= 11 is 1.76. The Kier molecular flexibility index (Phi) is 6.70. The van der Waals surface area contributed by atoms with Crippen molar-refractivity contribution >= 4 is 23.7 Å². The van der Waals surface area contributed by atoms with Crippen LogP contribution in [0.3, 0.4) is 0 Å². The normalized spacial score (nSPS) is 10.9. The first-order valence-electron chi connectivity index (χ1n) is 9.99. The van der Waals surface area contributed by atoms with Crippen LogP contribution in [0.5, 0.6) is 17.2 Å². The fraction of sp³-hybridized carbons (Fsp3) is 0.0741. The molecule has 4 aromatic carbocycles. The van der Waals surface area contributed by atoms with Gasteiger partial charge in [0.05, 0.1) is 12.8 Å². The summed E-state index contributed by atoms with van der Waals surface area (Å²) in [5.41, 5.74) is 3.20. The van der Waals surface area contributed by atoms with Crippen molar-refractivity contribution in [2.75, 3.05) is 7.11 Å². The molecule has 0 N–H and O–H groups in total. The van der Waals surface area contributed by atoms with Gasteiger partial charge in [-0.15, -0.1) is 0 Å². The Bertz CT molecular complexity index is 1150. The molecule has 154 valence electrons. The van der Waals surface area contributed by atoms with Crippen molar-refractivity contribution in [1.29, 1.82) is 0 Å². The molecule has 0 amide bonds. The summed E-state index contributed by atoms with van der Waals surface area (Å²) in [4.78, 5) is 7.02. The summed E-state index contributed by atoms with van der Waals surface area (Å²) in [6.45, 7) is 2.10. The Morgan fingerprint density at radius 3 is 1.97 bits per heavy atom. The van der Waals surface area contributed by atoms with E-state index in [2.05, 4.69) is 60.4 Å². The van der Waals surface area contributed by atoms with Gasteiger partial charge >= 0.3 is 0 Å². The van der Waals surface area contributed by atoms with Crippen LogP contribution in [-0.2, 0) is 0 Å². The number of aryl methyl sites for hydroxylation is 1. The lowest BCUT2D eigenvalue weighted by atomic mass is 10.2. The fourth-order valence-corrected chi connectivity index (χ4v) is 3.76. The smallest absolute Gasteiger partial charge is 0.169 e. The van der Waals surface area contributed by atoms with Gasteiger partial charge in [0, 0.05) is 16.0 Å². The van der Waals surface area contributed by atoms with Crippen LogP contribution in [0.25, 0.3) is 0 Å². The molecule has 0 fully saturated rings. The average Bonchev–Trinajstić information content (AvgIpc) is 2.81. The monoisotopic (exact) mass is 425 g/mol. The third-order valence-corrected chi connectivity index (χ3v) is 5.65. The van der Waals surface area contributed by atoms with Crippen molar-refractivity contribution in [1.82, 2.24) is 0 Å². The van der Waals surface area contributed by atoms with Gasteiger partial charge in [-0.1, -0.05) is 53.7 Å². The summed E-state index contributed by atoms with van der Waals surface area (Å²) in [5, 5.41) is 0. The number of aliphatic imine (C=N–C) groups is 1. The Hall–Kier alpha value is -3.50. The molecule has 0 radical (unpaired) electrons. The van der Waals surface area contributed by atoms with Crippen LogP contribution in [0.4, 0.5) is 5.69 Å². The average molecular weight is 426 g/mol. The third kappa shape index (κ3) is 5.77. The van der Waals surface area contributed by atoms with Crippen LogP contribution in [0.15, 0.2) is 112 Å². The molecule has 0 unspecified atom stereocenters. The summed E-state index contributed by atoms with van der Waals surface area (Å²) < 4.78 is 11.2. The molecular formula is C27H23NO2S. The molecule has 0 spiro atoms. The van der Waals surface area contributed by atoms with Crippen LogP contribution < -0.4 is 9.47 Å². The highest BCUT2D eigenvalue weighted by Gasteiger charge is 2.04. The van der Waals surface area contributed by atoms with E-state index in [1.54, 1.807) is 18.9 Å². The lowest BCUT2D eigenvalue weighted by Gasteiger charge is -2.09. The number of hydrogen-bond donors (Lipinski definition) is 0. The van der Waals surface area contributed by atoms with Crippen molar-refractivity contribution in [3.05, 3.63) is 108 Å². The Balaban J connectivity index is 1.37. The highest BCUT2D eigenvalue weighted by atomic mass is 32.2. The molecule has 0 atom stereocenters. The van der Waals surface area contributed by atoms with Gasteiger partial charge in [-0.05, 0) is 73.2 Å². The van der Waals surface area contributed by atoms with Crippen molar-refractivity contribution in [3.8, 4) is 17.2 Å². The van der Waals surface area contributed by atoms with Gasteiger partial charge in [0.25, 0.3) is 0 Å². The lowest BCUT2D eigenvalue weighted by molar-refractivity contribution is 0.379. The van der Waals surface area contributed by atoms with Gasteiger partial charge in [-0.3, -0.25) is 4.99 Å². The SMILES string of the molecule is COc1ccccc1Oc1ccc(N=Cc2ccc(Sc3ccc(C)cc3)cc2)cc1. The van der Waals surface area contributed by atoms with Gasteiger partial charge in [0.1, 0.15) is 5.75 Å². The molecule has 0 aliphatic heterocycles. The second kappa shape index (κ2) is 10.0. The standard InChI is InChI=1S/C27H23NO2S/c1-20-7-15-24(16-8-20)31-25-17-9-21(10-18-25)19-28-22-11-13-23(14-12-22)30-27-6-4-3-5-26(27)29-2/h3-19H,1-2H3. The van der Waals surface area contributed by atoms with Crippen molar-refractivity contribution in [2.24, 2.45) is 4.99 Å². The first-order chi connectivity index (χ1) is 15.2. The molecule has 4 aromatic rings. The van der Waals surface area contributed by atoms with Crippen LogP contribution in [0, 0.1) is 6.92 Å². The number of benzene rings is 4. The van der Waals surface area contributed by atoms with E-state index >= 15 is 0 Å². The van der Waals surface area contributed by atoms with E-state index in [0.717, 1.165) is 17.0 Å². The molecule has 4 heteroatoms. The maximum atomic E-state index is 5.91. The van der Waals surface area contributed by atoms with Crippen LogP contribution in [0.2, 0.25) is 0 Å². The van der Waals surface area contributed by atoms with Crippen molar-refractivity contribution in [3.63, 3.8) is 0 Å². The van der Waals surface area contributed by atoms with Gasteiger partial charge in [0.15, 0.2) is 11.5 Å². The van der Waals surface area contributed by atoms with Crippen molar-refractivity contribution in [2.45, 2.75) is 16.7 Å². The molecule has 3 nitrogen and oxygen atoms in total. The highest BCUT2D eigenvalue weighted by molar-refractivity contribution is 7.99. The number of ether oxygens (including phenoxy) is 2. The first-order valence-corrected chi connectivity index (χ1v) is 10.8. The molecule has 4 rings (SSSR count). The quantitative estimate of drug-likeness (QED) is 0.284. The van der Waals surface area contributed by atoms with Gasteiger partial charge in [-0.25, -0.2) is 0 Å². The summed E-state index contributed by atoms with van der Waals surface area (Å²) in [6.07, 6.45) is 1.87. The zero-order valence-corrected chi connectivity index (χ0v) is 18.3. The van der Waals surface area contributed by atoms with Crippen molar-refractivity contribution < 1.29 is 9.47 Å². The Morgan fingerprint density at radius 2 is 1.32 bits per heavy atom. The molecule has 0 aliphatic rings. The van der Waals surface area contributed by atoms with Crippen LogP contribution in [-0.4, -0.2) is 13.3 Å². The van der Waals surface area contributed by atoms with Gasteiger partial charge < -0.3 is 9.47 Å². The molecule has 0 saturated carbocycles. The lowest BCUT2D eigenvalue weighted by Crippen LogP contribution is -1.89. The minimum Gasteiger partial charge on any atom is -0.493 e. The predicted molar refractivity (Wildman–Crippen MR) is 129 cm³/mol. The van der Waals surface area contributed by atoms with E-state index in [1.807, 2.05) is 54.7 Å². The highest BCUT2D eigenvalue weighted by Crippen LogP contribution is 2.32. The molecule has 31 heavy (non-hydrogen) atoms. The maximum absolute atomic E-state index is 5.91. The zero-order valence-electron chi connectivity index (χ0n) is 17.5. The number of rotatable bonds is 7. The fourth-order valence-electron chi connectivity index (χ4n) is 2.94. The molecule has 0 bridgehead atoms. The number of methoxy groups -OCH3 is 1. The largest absolute Gasteiger partial charge is 0.493 e. The van der Waals surface area contributed by atoms with E-state index in [1.165, 1.54) is 15.4 Å². The number of nitrogens with zero attached hydrogens (tertiary/aromatic N) is 1. The second-order valence-corrected chi connectivity index (χ2v) is 8.14. The molecule has 0 saturated heterocycles. The van der Waals surface area contributed by atoms with Gasteiger partial charge in [-0.2, -0.15) is 0 Å². The molecule has 0 aliphatic carbocycles. The van der Waals surface area contributed by atoms with E-state index < -0.39 is 0 Å². The third-order valence-electron chi connectivity index (χ3n) is 4.63.